The van der Waals surface area contributed by atoms with Gasteiger partial charge in [-0.05, 0) is 74.1 Å². The van der Waals surface area contributed by atoms with Gasteiger partial charge >= 0.3 is 0 Å². The zero-order chi connectivity index (χ0) is 20.6. The van der Waals surface area contributed by atoms with Gasteiger partial charge in [0, 0.05) is 29.2 Å². The number of nitrogens with zero attached hydrogens (tertiary/aromatic N) is 1. The number of rotatable bonds is 6. The van der Waals surface area contributed by atoms with Crippen LogP contribution in [-0.2, 0) is 27.7 Å². The number of hydrogen-bond donors (Lipinski definition) is 1. The fourth-order valence-electron chi connectivity index (χ4n) is 4.03. The van der Waals surface area contributed by atoms with Crippen molar-refractivity contribution >= 4 is 33.2 Å². The van der Waals surface area contributed by atoms with Crippen LogP contribution in [0.2, 0.25) is 5.02 Å². The summed E-state index contributed by atoms with van der Waals surface area (Å²) in [6.07, 6.45) is 4.30. The Morgan fingerprint density at radius 1 is 1.17 bits per heavy atom. The van der Waals surface area contributed by atoms with Crippen molar-refractivity contribution in [2.45, 2.75) is 50.0 Å². The average Bonchev–Trinajstić information content (AvgIpc) is 2.96. The van der Waals surface area contributed by atoms with E-state index >= 15 is 0 Å². The summed E-state index contributed by atoms with van der Waals surface area (Å²) in [5.41, 5.74) is 2.80. The van der Waals surface area contributed by atoms with Crippen molar-refractivity contribution in [3.05, 3.63) is 58.6 Å². The monoisotopic (exact) mass is 432 g/mol. The van der Waals surface area contributed by atoms with Crippen molar-refractivity contribution in [1.29, 1.82) is 0 Å². The van der Waals surface area contributed by atoms with Crippen LogP contribution in [0, 0.1) is 5.92 Å². The molecule has 1 atom stereocenters. The number of sulfonamides is 1. The standard InChI is InChI=1S/C22H25ClN2O3S/c1-15-13-18-14-20(9-10-21(18)25(15)22(26)17-3-2-4-17)29(27,28)24-12-11-16-5-7-19(23)8-6-16/h5-10,14-15,17,24H,2-4,11-13H2,1H3/t15-/m0/s1. The number of amides is 1. The van der Waals surface area contributed by atoms with Gasteiger partial charge in [0.1, 0.15) is 0 Å². The van der Waals surface area contributed by atoms with Gasteiger partial charge in [-0.2, -0.15) is 0 Å². The van der Waals surface area contributed by atoms with Gasteiger partial charge < -0.3 is 4.90 Å². The normalized spacial score (nSPS) is 19.1. The van der Waals surface area contributed by atoms with Gasteiger partial charge in [0.25, 0.3) is 0 Å². The van der Waals surface area contributed by atoms with E-state index in [1.807, 2.05) is 24.0 Å². The molecule has 2 aromatic rings. The maximum atomic E-state index is 12.8. The van der Waals surface area contributed by atoms with Gasteiger partial charge in [0.05, 0.1) is 4.90 Å². The van der Waals surface area contributed by atoms with Gasteiger partial charge in [-0.25, -0.2) is 13.1 Å². The van der Waals surface area contributed by atoms with Crippen molar-refractivity contribution in [1.82, 2.24) is 4.72 Å². The molecule has 0 aromatic heterocycles. The number of carbonyl (C=O) groups excluding carboxylic acids is 1. The first-order valence-electron chi connectivity index (χ1n) is 10.1. The van der Waals surface area contributed by atoms with E-state index in [1.54, 1.807) is 30.3 Å². The smallest absolute Gasteiger partial charge is 0.240 e. The van der Waals surface area contributed by atoms with Crippen molar-refractivity contribution in [2.24, 2.45) is 5.92 Å². The summed E-state index contributed by atoms with van der Waals surface area (Å²) < 4.78 is 28.1. The minimum atomic E-state index is -3.60. The summed E-state index contributed by atoms with van der Waals surface area (Å²) in [4.78, 5) is 14.9. The molecule has 2 aromatic carbocycles. The minimum absolute atomic E-state index is 0.0638. The van der Waals surface area contributed by atoms with Crippen LogP contribution in [0.25, 0.3) is 0 Å². The molecule has 4 rings (SSSR count). The van der Waals surface area contributed by atoms with Crippen LogP contribution < -0.4 is 9.62 Å². The minimum Gasteiger partial charge on any atom is -0.309 e. The third-order valence-electron chi connectivity index (χ3n) is 5.89. The molecular formula is C22H25ClN2O3S. The van der Waals surface area contributed by atoms with Crippen LogP contribution >= 0.6 is 11.6 Å². The summed E-state index contributed by atoms with van der Waals surface area (Å²) in [6.45, 7) is 2.33. The molecule has 1 fully saturated rings. The summed E-state index contributed by atoms with van der Waals surface area (Å²) in [6, 6.07) is 12.5. The Morgan fingerprint density at radius 2 is 1.90 bits per heavy atom. The van der Waals surface area contributed by atoms with E-state index in [0.29, 0.717) is 24.4 Å². The molecule has 1 saturated carbocycles. The van der Waals surface area contributed by atoms with E-state index in [9.17, 15) is 13.2 Å². The Kier molecular flexibility index (Phi) is 5.69. The summed E-state index contributed by atoms with van der Waals surface area (Å²) >= 11 is 5.88. The molecule has 0 radical (unpaired) electrons. The van der Waals surface area contributed by atoms with Crippen LogP contribution in [0.4, 0.5) is 5.69 Å². The fraction of sp³-hybridized carbons (Fsp3) is 0.409. The summed E-state index contributed by atoms with van der Waals surface area (Å²) in [5, 5.41) is 0.659. The summed E-state index contributed by atoms with van der Waals surface area (Å²) in [7, 11) is -3.60. The van der Waals surface area contributed by atoms with Crippen molar-refractivity contribution < 1.29 is 13.2 Å². The molecule has 1 amide bonds. The number of anilines is 1. The first-order valence-corrected chi connectivity index (χ1v) is 11.9. The van der Waals surface area contributed by atoms with Crippen molar-refractivity contribution in [3.8, 4) is 0 Å². The summed E-state index contributed by atoms with van der Waals surface area (Å²) in [5.74, 6) is 0.306. The number of benzene rings is 2. The fourth-order valence-corrected chi connectivity index (χ4v) is 5.23. The van der Waals surface area contributed by atoms with Crippen LogP contribution in [-0.4, -0.2) is 26.9 Å². The maximum Gasteiger partial charge on any atom is 0.240 e. The Bertz CT molecular complexity index is 1020. The lowest BCUT2D eigenvalue weighted by Gasteiger charge is -2.32. The quantitative estimate of drug-likeness (QED) is 0.751. The van der Waals surface area contributed by atoms with Gasteiger partial charge in [-0.3, -0.25) is 4.79 Å². The Hall–Kier alpha value is -1.89. The maximum absolute atomic E-state index is 12.8. The molecule has 0 saturated heterocycles. The predicted molar refractivity (Wildman–Crippen MR) is 115 cm³/mol. The third kappa shape index (κ3) is 4.20. The zero-order valence-electron chi connectivity index (χ0n) is 16.4. The number of nitrogens with one attached hydrogen (secondary N) is 1. The van der Waals surface area contributed by atoms with Crippen LogP contribution in [0.5, 0.6) is 0 Å². The molecule has 0 bridgehead atoms. The molecule has 154 valence electrons. The van der Waals surface area contributed by atoms with E-state index in [-0.39, 0.29) is 22.8 Å². The number of halogens is 1. The van der Waals surface area contributed by atoms with Crippen LogP contribution in [0.15, 0.2) is 47.4 Å². The highest BCUT2D eigenvalue weighted by Crippen LogP contribution is 2.38. The zero-order valence-corrected chi connectivity index (χ0v) is 18.0. The topological polar surface area (TPSA) is 66.5 Å². The first-order chi connectivity index (χ1) is 13.8. The number of hydrogen-bond acceptors (Lipinski definition) is 3. The number of carbonyl (C=O) groups is 1. The molecule has 1 heterocycles. The molecule has 1 aliphatic carbocycles. The van der Waals surface area contributed by atoms with Gasteiger partial charge in [-0.1, -0.05) is 30.2 Å². The van der Waals surface area contributed by atoms with E-state index in [1.165, 1.54) is 0 Å². The number of fused-ring (bicyclic) bond motifs is 1. The Morgan fingerprint density at radius 3 is 2.55 bits per heavy atom. The second-order valence-electron chi connectivity index (χ2n) is 7.95. The molecule has 29 heavy (non-hydrogen) atoms. The average molecular weight is 433 g/mol. The first kappa shape index (κ1) is 20.4. The largest absolute Gasteiger partial charge is 0.309 e. The predicted octanol–water partition coefficient (Wildman–Crippen LogP) is 3.94. The van der Waals surface area contributed by atoms with Crippen LogP contribution in [0.1, 0.15) is 37.3 Å². The second-order valence-corrected chi connectivity index (χ2v) is 10.2. The van der Waals surface area contributed by atoms with Gasteiger partial charge in [0.2, 0.25) is 15.9 Å². The molecular weight excluding hydrogens is 408 g/mol. The van der Waals surface area contributed by atoms with Gasteiger partial charge in [-0.15, -0.1) is 0 Å². The van der Waals surface area contributed by atoms with E-state index in [0.717, 1.165) is 36.1 Å². The third-order valence-corrected chi connectivity index (χ3v) is 7.60. The molecule has 5 nitrogen and oxygen atoms in total. The Labute approximate surface area is 177 Å². The SMILES string of the molecule is C[C@H]1Cc2cc(S(=O)(=O)NCCc3ccc(Cl)cc3)ccc2N1C(=O)C1CCC1. The molecule has 7 heteroatoms. The molecule has 1 aliphatic heterocycles. The highest BCUT2D eigenvalue weighted by Gasteiger charge is 2.37. The van der Waals surface area contributed by atoms with Crippen LogP contribution in [0.3, 0.4) is 0 Å². The lowest BCUT2D eigenvalue weighted by molar-refractivity contribution is -0.125. The van der Waals surface area contributed by atoms with E-state index in [4.69, 9.17) is 11.6 Å². The Balaban J connectivity index is 1.45. The highest BCUT2D eigenvalue weighted by atomic mass is 35.5. The molecule has 2 aliphatic rings. The molecule has 0 spiro atoms. The molecule has 0 unspecified atom stereocenters. The van der Waals surface area contributed by atoms with Crippen molar-refractivity contribution in [2.75, 3.05) is 11.4 Å². The molecule has 1 N–H and O–H groups in total. The highest BCUT2D eigenvalue weighted by molar-refractivity contribution is 7.89. The lowest BCUT2D eigenvalue weighted by atomic mass is 9.84. The lowest BCUT2D eigenvalue weighted by Crippen LogP contribution is -2.42. The van der Waals surface area contributed by atoms with E-state index < -0.39 is 10.0 Å². The second kappa shape index (κ2) is 8.09. The van der Waals surface area contributed by atoms with Gasteiger partial charge in [0.15, 0.2) is 0 Å². The van der Waals surface area contributed by atoms with Crippen molar-refractivity contribution in [3.63, 3.8) is 0 Å². The van der Waals surface area contributed by atoms with E-state index in [2.05, 4.69) is 4.72 Å².